The molecular weight excluding hydrogens is 272 g/mol. The summed E-state index contributed by atoms with van der Waals surface area (Å²) >= 11 is 0. The summed E-state index contributed by atoms with van der Waals surface area (Å²) in [5, 5.41) is 3.22. The molecule has 1 N–H and O–H groups in total. The molecule has 2 aromatic carbocycles. The minimum atomic E-state index is -3.50. The maximum absolute atomic E-state index is 12.8. The molecule has 4 nitrogen and oxygen atoms in total. The number of hydrogen-bond donors (Lipinski definition) is 1. The minimum absolute atomic E-state index is 0.333. The Morgan fingerprint density at radius 1 is 1.05 bits per heavy atom. The van der Waals surface area contributed by atoms with Crippen molar-refractivity contribution >= 4 is 21.4 Å². The number of rotatable bonds is 2. The van der Waals surface area contributed by atoms with Crippen LogP contribution in [0.4, 0.5) is 11.4 Å². The zero-order valence-corrected chi connectivity index (χ0v) is 12.0. The van der Waals surface area contributed by atoms with E-state index in [9.17, 15) is 8.42 Å². The fourth-order valence-corrected chi connectivity index (χ4v) is 3.82. The summed E-state index contributed by atoms with van der Waals surface area (Å²) in [6.07, 6.45) is 0. The summed E-state index contributed by atoms with van der Waals surface area (Å²) in [7, 11) is -3.50. The lowest BCUT2D eigenvalue weighted by molar-refractivity contribution is 0.590. The number of aryl methyl sites for hydroxylation is 1. The first-order valence-corrected chi connectivity index (χ1v) is 7.95. The molecule has 104 valence electrons. The third-order valence-electron chi connectivity index (χ3n) is 3.41. The van der Waals surface area contributed by atoms with Gasteiger partial charge in [0.15, 0.2) is 0 Å². The summed E-state index contributed by atoms with van der Waals surface area (Å²) < 4.78 is 27.0. The maximum atomic E-state index is 12.8. The topological polar surface area (TPSA) is 49.4 Å². The first-order valence-electron chi connectivity index (χ1n) is 6.51. The number of sulfonamides is 1. The Kier molecular flexibility index (Phi) is 3.14. The fraction of sp³-hybridized carbons (Fsp3) is 0.200. The normalized spacial score (nSPS) is 14.6. The predicted octanol–water partition coefficient (Wildman–Crippen LogP) is 2.62. The number of para-hydroxylation sites is 2. The molecule has 0 fully saturated rings. The summed E-state index contributed by atoms with van der Waals surface area (Å²) in [6.45, 7) is 2.99. The Bertz CT molecular complexity index is 724. The van der Waals surface area contributed by atoms with Crippen LogP contribution in [0.25, 0.3) is 0 Å². The van der Waals surface area contributed by atoms with E-state index in [1.54, 1.807) is 12.1 Å². The molecule has 0 bridgehead atoms. The Morgan fingerprint density at radius 3 is 2.50 bits per heavy atom. The van der Waals surface area contributed by atoms with Crippen molar-refractivity contribution in [3.8, 4) is 0 Å². The lowest BCUT2D eigenvalue weighted by Gasteiger charge is -2.31. The highest BCUT2D eigenvalue weighted by Crippen LogP contribution is 2.32. The molecule has 0 amide bonds. The molecule has 0 saturated heterocycles. The largest absolute Gasteiger partial charge is 0.382 e. The molecule has 0 aromatic heterocycles. The average molecular weight is 288 g/mol. The van der Waals surface area contributed by atoms with Crippen molar-refractivity contribution in [3.05, 3.63) is 54.1 Å². The second-order valence-corrected chi connectivity index (χ2v) is 6.70. The summed E-state index contributed by atoms with van der Waals surface area (Å²) in [4.78, 5) is 0.333. The first-order chi connectivity index (χ1) is 9.59. The van der Waals surface area contributed by atoms with E-state index in [1.807, 2.05) is 43.3 Å². The van der Waals surface area contributed by atoms with Crippen LogP contribution in [0.2, 0.25) is 0 Å². The van der Waals surface area contributed by atoms with Gasteiger partial charge in [0.25, 0.3) is 10.0 Å². The number of nitrogens with zero attached hydrogens (tertiary/aromatic N) is 1. The van der Waals surface area contributed by atoms with Crippen LogP contribution in [0.15, 0.2) is 53.4 Å². The molecular formula is C15H16N2O2S. The van der Waals surface area contributed by atoms with E-state index < -0.39 is 10.0 Å². The summed E-state index contributed by atoms with van der Waals surface area (Å²) in [5.74, 6) is 0. The number of nitrogens with one attached hydrogen (secondary N) is 1. The van der Waals surface area contributed by atoms with Gasteiger partial charge in [-0.25, -0.2) is 8.42 Å². The maximum Gasteiger partial charge on any atom is 0.264 e. The summed E-state index contributed by atoms with van der Waals surface area (Å²) in [6, 6.07) is 14.4. The van der Waals surface area contributed by atoms with Crippen LogP contribution in [0.1, 0.15) is 5.56 Å². The van der Waals surface area contributed by atoms with Gasteiger partial charge in [-0.1, -0.05) is 29.8 Å². The van der Waals surface area contributed by atoms with E-state index in [-0.39, 0.29) is 0 Å². The molecule has 0 spiro atoms. The highest BCUT2D eigenvalue weighted by molar-refractivity contribution is 7.92. The third-order valence-corrected chi connectivity index (χ3v) is 5.24. The molecule has 5 heteroatoms. The monoisotopic (exact) mass is 288 g/mol. The van der Waals surface area contributed by atoms with Gasteiger partial charge in [-0.2, -0.15) is 0 Å². The van der Waals surface area contributed by atoms with E-state index in [2.05, 4.69) is 5.32 Å². The quantitative estimate of drug-likeness (QED) is 0.924. The molecule has 0 atom stereocenters. The third kappa shape index (κ3) is 2.14. The zero-order valence-electron chi connectivity index (χ0n) is 11.2. The Morgan fingerprint density at radius 2 is 1.75 bits per heavy atom. The van der Waals surface area contributed by atoms with E-state index in [1.165, 1.54) is 4.31 Å². The molecule has 0 saturated carbocycles. The fourth-order valence-electron chi connectivity index (χ4n) is 2.34. The van der Waals surface area contributed by atoms with Crippen molar-refractivity contribution in [3.63, 3.8) is 0 Å². The van der Waals surface area contributed by atoms with Gasteiger partial charge in [0, 0.05) is 6.54 Å². The van der Waals surface area contributed by atoms with E-state index >= 15 is 0 Å². The Hall–Kier alpha value is -2.01. The average Bonchev–Trinajstić information content (AvgIpc) is 2.47. The Balaban J connectivity index is 2.07. The molecule has 1 aliphatic rings. The van der Waals surface area contributed by atoms with Gasteiger partial charge in [-0.15, -0.1) is 0 Å². The smallest absolute Gasteiger partial charge is 0.264 e. The molecule has 0 aliphatic carbocycles. The molecule has 0 radical (unpaired) electrons. The number of benzene rings is 2. The van der Waals surface area contributed by atoms with Crippen molar-refractivity contribution in [1.82, 2.24) is 0 Å². The van der Waals surface area contributed by atoms with Crippen molar-refractivity contribution in [2.45, 2.75) is 11.8 Å². The van der Waals surface area contributed by atoms with Crippen LogP contribution in [-0.4, -0.2) is 21.5 Å². The second kappa shape index (κ2) is 4.83. The van der Waals surface area contributed by atoms with Gasteiger partial charge < -0.3 is 5.32 Å². The lowest BCUT2D eigenvalue weighted by atomic mass is 10.2. The minimum Gasteiger partial charge on any atom is -0.382 e. The van der Waals surface area contributed by atoms with Crippen LogP contribution in [0, 0.1) is 6.92 Å². The zero-order chi connectivity index (χ0) is 14.2. The van der Waals surface area contributed by atoms with E-state index in [0.717, 1.165) is 11.3 Å². The lowest BCUT2D eigenvalue weighted by Crippen LogP contribution is -2.38. The van der Waals surface area contributed by atoms with Crippen molar-refractivity contribution in [1.29, 1.82) is 0 Å². The number of anilines is 2. The molecule has 1 aliphatic heterocycles. The van der Waals surface area contributed by atoms with Crippen LogP contribution in [0.3, 0.4) is 0 Å². The molecule has 2 aromatic rings. The highest BCUT2D eigenvalue weighted by Gasteiger charge is 2.28. The SMILES string of the molecule is Cc1ccc(S(=O)(=O)N2CCNc3ccccc32)cc1. The van der Waals surface area contributed by atoms with Gasteiger partial charge in [-0.3, -0.25) is 4.31 Å². The van der Waals surface area contributed by atoms with Crippen LogP contribution in [0.5, 0.6) is 0 Å². The van der Waals surface area contributed by atoms with Gasteiger partial charge >= 0.3 is 0 Å². The van der Waals surface area contributed by atoms with Crippen LogP contribution < -0.4 is 9.62 Å². The Labute approximate surface area is 119 Å². The number of fused-ring (bicyclic) bond motifs is 1. The van der Waals surface area contributed by atoms with Crippen LogP contribution >= 0.6 is 0 Å². The van der Waals surface area contributed by atoms with Crippen molar-refractivity contribution in [2.24, 2.45) is 0 Å². The summed E-state index contributed by atoms with van der Waals surface area (Å²) in [5.41, 5.74) is 2.61. The predicted molar refractivity (Wildman–Crippen MR) is 80.6 cm³/mol. The van der Waals surface area contributed by atoms with E-state index in [0.29, 0.717) is 23.7 Å². The molecule has 3 rings (SSSR count). The van der Waals surface area contributed by atoms with Gasteiger partial charge in [-0.05, 0) is 31.2 Å². The van der Waals surface area contributed by atoms with Crippen molar-refractivity contribution in [2.75, 3.05) is 22.7 Å². The van der Waals surface area contributed by atoms with Crippen LogP contribution in [-0.2, 0) is 10.0 Å². The first kappa shape index (κ1) is 13.0. The molecule has 20 heavy (non-hydrogen) atoms. The van der Waals surface area contributed by atoms with Gasteiger partial charge in [0.1, 0.15) is 0 Å². The molecule has 0 unspecified atom stereocenters. The molecule has 1 heterocycles. The van der Waals surface area contributed by atoms with Gasteiger partial charge in [0.2, 0.25) is 0 Å². The second-order valence-electron chi connectivity index (χ2n) is 4.83. The standard InChI is InChI=1S/C15H16N2O2S/c1-12-6-8-13(9-7-12)20(18,19)17-11-10-16-14-4-2-3-5-15(14)17/h2-9,16H,10-11H2,1H3. The van der Waals surface area contributed by atoms with E-state index in [4.69, 9.17) is 0 Å². The highest BCUT2D eigenvalue weighted by atomic mass is 32.2. The van der Waals surface area contributed by atoms with Gasteiger partial charge in [0.05, 0.1) is 22.8 Å². The number of hydrogen-bond acceptors (Lipinski definition) is 3. The van der Waals surface area contributed by atoms with Crippen molar-refractivity contribution < 1.29 is 8.42 Å².